The highest BCUT2D eigenvalue weighted by Crippen LogP contribution is 2.32. The Balaban J connectivity index is 4.22. The minimum absolute atomic E-state index is 0.838. The van der Waals surface area contributed by atoms with Crippen LogP contribution in [0, 0.1) is 23.7 Å². The van der Waals surface area contributed by atoms with Crippen molar-refractivity contribution in [3.05, 3.63) is 0 Å². The maximum absolute atomic E-state index is 2.43. The molecule has 0 heteroatoms. The zero-order valence-corrected chi connectivity index (χ0v) is 10.4. The minimum atomic E-state index is 0.838. The average Bonchev–Trinajstić information content (AvgIpc) is 2.11. The molecular formula is C13H28. The number of hydrogen-bond acceptors (Lipinski definition) is 0. The van der Waals surface area contributed by atoms with Gasteiger partial charge in [-0.3, -0.25) is 0 Å². The second-order valence-electron chi connectivity index (χ2n) is 4.94. The summed E-state index contributed by atoms with van der Waals surface area (Å²) < 4.78 is 0. The Morgan fingerprint density at radius 2 is 1.46 bits per heavy atom. The molecule has 3 atom stereocenters. The van der Waals surface area contributed by atoms with Crippen molar-refractivity contribution in [2.45, 2.75) is 60.8 Å². The van der Waals surface area contributed by atoms with Gasteiger partial charge in [0.1, 0.15) is 0 Å². The van der Waals surface area contributed by atoms with Gasteiger partial charge in [0.15, 0.2) is 0 Å². The molecule has 0 saturated carbocycles. The van der Waals surface area contributed by atoms with E-state index in [4.69, 9.17) is 0 Å². The first-order valence-electron chi connectivity index (χ1n) is 6.04. The summed E-state index contributed by atoms with van der Waals surface area (Å²) >= 11 is 0. The van der Waals surface area contributed by atoms with Crippen molar-refractivity contribution in [3.8, 4) is 0 Å². The number of hydrogen-bond donors (Lipinski definition) is 0. The van der Waals surface area contributed by atoms with Gasteiger partial charge in [-0.2, -0.15) is 0 Å². The van der Waals surface area contributed by atoms with E-state index < -0.39 is 0 Å². The largest absolute Gasteiger partial charge is 0.0654 e. The van der Waals surface area contributed by atoms with Crippen molar-refractivity contribution in [2.24, 2.45) is 23.7 Å². The van der Waals surface area contributed by atoms with Crippen molar-refractivity contribution in [2.75, 3.05) is 0 Å². The molecule has 0 amide bonds. The van der Waals surface area contributed by atoms with Crippen molar-refractivity contribution >= 4 is 0 Å². The first kappa shape index (κ1) is 13.0. The molecule has 80 valence electrons. The Bertz CT molecular complexity index is 115. The fourth-order valence-corrected chi connectivity index (χ4v) is 2.20. The molecule has 13 heavy (non-hydrogen) atoms. The summed E-state index contributed by atoms with van der Waals surface area (Å²) in [4.78, 5) is 0. The Labute approximate surface area is 85.1 Å². The molecule has 0 aromatic heterocycles. The molecule has 0 N–H and O–H groups in total. The van der Waals surface area contributed by atoms with Crippen LogP contribution in [0.5, 0.6) is 0 Å². The van der Waals surface area contributed by atoms with Crippen LogP contribution in [0.2, 0.25) is 0 Å². The lowest BCUT2D eigenvalue weighted by molar-refractivity contribution is 0.186. The molecule has 0 radical (unpaired) electrons. The molecular weight excluding hydrogens is 156 g/mol. The van der Waals surface area contributed by atoms with Crippen LogP contribution in [0.25, 0.3) is 0 Å². The third-order valence-corrected chi connectivity index (χ3v) is 3.72. The molecule has 0 nitrogen and oxygen atoms in total. The van der Waals surface area contributed by atoms with Crippen LogP contribution < -0.4 is 0 Å². The summed E-state index contributed by atoms with van der Waals surface area (Å²) in [5.74, 6) is 3.56. The van der Waals surface area contributed by atoms with E-state index in [1.165, 1.54) is 19.3 Å². The molecule has 0 spiro atoms. The first-order valence-corrected chi connectivity index (χ1v) is 6.04. The average molecular weight is 184 g/mol. The molecule has 0 saturated heterocycles. The summed E-state index contributed by atoms with van der Waals surface area (Å²) in [5.41, 5.74) is 0. The van der Waals surface area contributed by atoms with Crippen LogP contribution >= 0.6 is 0 Å². The van der Waals surface area contributed by atoms with Crippen LogP contribution in [0.4, 0.5) is 0 Å². The summed E-state index contributed by atoms with van der Waals surface area (Å²) in [6.07, 6.45) is 4.09. The van der Waals surface area contributed by atoms with Gasteiger partial charge in [-0.15, -0.1) is 0 Å². The predicted octanol–water partition coefficient (Wildman–Crippen LogP) is 4.74. The maximum Gasteiger partial charge on any atom is -0.0360 e. The Hall–Kier alpha value is 0. The number of rotatable bonds is 6. The molecule has 0 rings (SSSR count). The lowest BCUT2D eigenvalue weighted by Gasteiger charge is -2.31. The monoisotopic (exact) mass is 184 g/mol. The van der Waals surface area contributed by atoms with E-state index in [9.17, 15) is 0 Å². The van der Waals surface area contributed by atoms with Gasteiger partial charge in [0.05, 0.1) is 0 Å². The van der Waals surface area contributed by atoms with Crippen LogP contribution in [0.1, 0.15) is 60.8 Å². The first-order chi connectivity index (χ1) is 6.04. The molecule has 0 aromatic carbocycles. The molecule has 0 aromatic rings. The zero-order valence-electron chi connectivity index (χ0n) is 10.4. The van der Waals surface area contributed by atoms with Crippen LogP contribution in [-0.4, -0.2) is 0 Å². The van der Waals surface area contributed by atoms with Crippen LogP contribution in [-0.2, 0) is 0 Å². The highest BCUT2D eigenvalue weighted by molar-refractivity contribution is 4.73. The van der Waals surface area contributed by atoms with Gasteiger partial charge < -0.3 is 0 Å². The zero-order chi connectivity index (χ0) is 10.4. The molecule has 0 aliphatic carbocycles. The van der Waals surface area contributed by atoms with Gasteiger partial charge in [0.25, 0.3) is 0 Å². The smallest absolute Gasteiger partial charge is 0.0360 e. The van der Waals surface area contributed by atoms with E-state index in [-0.39, 0.29) is 0 Å². The van der Waals surface area contributed by atoms with E-state index >= 15 is 0 Å². The van der Waals surface area contributed by atoms with Crippen LogP contribution in [0.15, 0.2) is 0 Å². The van der Waals surface area contributed by atoms with E-state index in [2.05, 4.69) is 41.5 Å². The fourth-order valence-electron chi connectivity index (χ4n) is 2.20. The molecule has 0 bridgehead atoms. The SMILES string of the molecule is CCCC(C(C)CC)C(C)C(C)C. The predicted molar refractivity (Wildman–Crippen MR) is 61.9 cm³/mol. The summed E-state index contributed by atoms with van der Waals surface area (Å²) in [6, 6.07) is 0. The van der Waals surface area contributed by atoms with E-state index in [1.807, 2.05) is 0 Å². The summed E-state index contributed by atoms with van der Waals surface area (Å²) in [5, 5.41) is 0. The van der Waals surface area contributed by atoms with Gasteiger partial charge in [-0.1, -0.05) is 60.8 Å². The van der Waals surface area contributed by atoms with Crippen molar-refractivity contribution in [1.82, 2.24) is 0 Å². The van der Waals surface area contributed by atoms with Crippen molar-refractivity contribution in [1.29, 1.82) is 0 Å². The van der Waals surface area contributed by atoms with Gasteiger partial charge >= 0.3 is 0 Å². The van der Waals surface area contributed by atoms with Gasteiger partial charge in [-0.25, -0.2) is 0 Å². The lowest BCUT2D eigenvalue weighted by atomic mass is 9.74. The van der Waals surface area contributed by atoms with Crippen LogP contribution in [0.3, 0.4) is 0 Å². The van der Waals surface area contributed by atoms with Gasteiger partial charge in [0, 0.05) is 0 Å². The van der Waals surface area contributed by atoms with Gasteiger partial charge in [-0.05, 0) is 23.7 Å². The maximum atomic E-state index is 2.43. The molecule has 0 aliphatic rings. The second-order valence-corrected chi connectivity index (χ2v) is 4.94. The fraction of sp³-hybridized carbons (Fsp3) is 1.00. The summed E-state index contributed by atoms with van der Waals surface area (Å²) in [7, 11) is 0. The molecule has 0 fully saturated rings. The third-order valence-electron chi connectivity index (χ3n) is 3.72. The molecule has 3 unspecified atom stereocenters. The second kappa shape index (κ2) is 6.45. The topological polar surface area (TPSA) is 0 Å². The molecule has 0 heterocycles. The van der Waals surface area contributed by atoms with E-state index in [1.54, 1.807) is 0 Å². The quantitative estimate of drug-likeness (QED) is 0.559. The Morgan fingerprint density at radius 3 is 1.77 bits per heavy atom. The van der Waals surface area contributed by atoms with E-state index in [0.29, 0.717) is 0 Å². The highest BCUT2D eigenvalue weighted by Gasteiger charge is 2.23. The Morgan fingerprint density at radius 1 is 0.923 bits per heavy atom. The van der Waals surface area contributed by atoms with Crippen molar-refractivity contribution < 1.29 is 0 Å². The Kier molecular flexibility index (Phi) is 6.45. The van der Waals surface area contributed by atoms with Crippen molar-refractivity contribution in [3.63, 3.8) is 0 Å². The molecule has 0 aliphatic heterocycles. The van der Waals surface area contributed by atoms with Gasteiger partial charge in [0.2, 0.25) is 0 Å². The summed E-state index contributed by atoms with van der Waals surface area (Å²) in [6.45, 7) is 14.2. The van der Waals surface area contributed by atoms with E-state index in [0.717, 1.165) is 23.7 Å². The minimum Gasteiger partial charge on any atom is -0.0654 e. The standard InChI is InChI=1S/C13H28/c1-7-9-13(11(5)8-2)12(6)10(3)4/h10-13H,7-9H2,1-6H3. The lowest BCUT2D eigenvalue weighted by Crippen LogP contribution is -2.23. The highest BCUT2D eigenvalue weighted by atomic mass is 14.3. The third kappa shape index (κ3) is 4.15. The normalized spacial score (nSPS) is 18.7.